The maximum absolute atomic E-state index is 11.2. The summed E-state index contributed by atoms with van der Waals surface area (Å²) in [4.78, 5) is 0. The normalized spacial score (nSPS) is 12.8. The molecule has 1 unspecified atom stereocenters. The van der Waals surface area contributed by atoms with E-state index in [-0.39, 0.29) is 0 Å². The molecule has 0 radical (unpaired) electrons. The lowest BCUT2D eigenvalue weighted by molar-refractivity contribution is -0.0875. The molecule has 0 spiro atoms. The standard InChI is InChI=1S/C32H66O5S/c1-3-5-7-9-11-13-15-17-19-21-23-25-27-29-31-36-32(37-38(33,34)35)30-28-26-24-22-20-18-16-14-12-10-8-6-4-2/h32H,3-31H2,1-2H3,(H,33,34,35). The van der Waals surface area contributed by atoms with Crippen molar-refractivity contribution in [1.82, 2.24) is 0 Å². The van der Waals surface area contributed by atoms with E-state index in [9.17, 15) is 8.42 Å². The predicted octanol–water partition coefficient (Wildman–Crippen LogP) is 11.1. The van der Waals surface area contributed by atoms with Crippen molar-refractivity contribution in [3.05, 3.63) is 0 Å². The number of hydrogen-bond acceptors (Lipinski definition) is 4. The zero-order valence-electron chi connectivity index (χ0n) is 25.6. The fraction of sp³-hybridized carbons (Fsp3) is 1.00. The van der Waals surface area contributed by atoms with Crippen molar-refractivity contribution < 1.29 is 21.9 Å². The van der Waals surface area contributed by atoms with Gasteiger partial charge >= 0.3 is 10.4 Å². The van der Waals surface area contributed by atoms with Gasteiger partial charge < -0.3 is 4.74 Å². The lowest BCUT2D eigenvalue weighted by atomic mass is 10.0. The minimum Gasteiger partial charge on any atom is -0.351 e. The van der Waals surface area contributed by atoms with Gasteiger partial charge in [0.15, 0.2) is 6.29 Å². The van der Waals surface area contributed by atoms with E-state index in [2.05, 4.69) is 13.8 Å². The first-order valence-corrected chi connectivity index (χ1v) is 18.1. The molecule has 230 valence electrons. The van der Waals surface area contributed by atoms with Crippen LogP contribution in [0, 0.1) is 0 Å². The third-order valence-electron chi connectivity index (χ3n) is 7.57. The van der Waals surface area contributed by atoms with Crippen LogP contribution < -0.4 is 0 Å². The lowest BCUT2D eigenvalue weighted by Crippen LogP contribution is -2.22. The Kier molecular flexibility index (Phi) is 29.7. The summed E-state index contributed by atoms with van der Waals surface area (Å²) < 4.78 is 41.9. The number of hydrogen-bond donors (Lipinski definition) is 1. The van der Waals surface area contributed by atoms with Crippen molar-refractivity contribution in [2.24, 2.45) is 0 Å². The topological polar surface area (TPSA) is 72.8 Å². The highest BCUT2D eigenvalue weighted by Crippen LogP contribution is 2.16. The molecule has 0 aromatic rings. The first-order valence-electron chi connectivity index (χ1n) is 16.8. The minimum absolute atomic E-state index is 0.483. The van der Waals surface area contributed by atoms with E-state index >= 15 is 0 Å². The summed E-state index contributed by atoms with van der Waals surface area (Å²) in [6.07, 6.45) is 34.3. The highest BCUT2D eigenvalue weighted by atomic mass is 32.3. The summed E-state index contributed by atoms with van der Waals surface area (Å²) in [6, 6.07) is 0. The van der Waals surface area contributed by atoms with E-state index in [0.29, 0.717) is 13.0 Å². The number of rotatable bonds is 32. The first-order chi connectivity index (χ1) is 18.5. The van der Waals surface area contributed by atoms with Crippen molar-refractivity contribution in [1.29, 1.82) is 0 Å². The first kappa shape index (κ1) is 37.8. The maximum Gasteiger partial charge on any atom is 0.399 e. The molecule has 0 aromatic heterocycles. The zero-order chi connectivity index (χ0) is 28.0. The minimum atomic E-state index is -4.49. The quantitative estimate of drug-likeness (QED) is 0.0501. The summed E-state index contributed by atoms with van der Waals surface area (Å²) in [7, 11) is -4.49. The van der Waals surface area contributed by atoms with Crippen molar-refractivity contribution in [3.63, 3.8) is 0 Å². The van der Waals surface area contributed by atoms with Crippen LogP contribution in [0.4, 0.5) is 0 Å². The van der Waals surface area contributed by atoms with E-state index in [4.69, 9.17) is 13.5 Å². The summed E-state index contributed by atoms with van der Waals surface area (Å²) >= 11 is 0. The SMILES string of the molecule is CCCCCCCCCCCCCCCCOC(CCCCCCCCCCCCCCC)OS(=O)(=O)O. The van der Waals surface area contributed by atoms with E-state index in [1.165, 1.54) is 141 Å². The van der Waals surface area contributed by atoms with Crippen LogP contribution in [-0.2, 0) is 19.3 Å². The molecule has 0 heterocycles. The van der Waals surface area contributed by atoms with Gasteiger partial charge in [0.05, 0.1) is 0 Å². The van der Waals surface area contributed by atoms with Crippen molar-refractivity contribution in [3.8, 4) is 0 Å². The predicted molar refractivity (Wildman–Crippen MR) is 163 cm³/mol. The Morgan fingerprint density at radius 1 is 0.474 bits per heavy atom. The molecule has 0 aromatic carbocycles. The third-order valence-corrected chi connectivity index (χ3v) is 8.03. The molecule has 5 nitrogen and oxygen atoms in total. The van der Waals surface area contributed by atoms with Gasteiger partial charge in [0.1, 0.15) is 0 Å². The van der Waals surface area contributed by atoms with Gasteiger partial charge in [-0.15, -0.1) is 0 Å². The van der Waals surface area contributed by atoms with Gasteiger partial charge in [0.2, 0.25) is 0 Å². The summed E-state index contributed by atoms with van der Waals surface area (Å²) in [6.45, 7) is 5.01. The van der Waals surface area contributed by atoms with E-state index in [1.54, 1.807) is 0 Å². The zero-order valence-corrected chi connectivity index (χ0v) is 26.4. The molecular formula is C32H66O5S. The van der Waals surface area contributed by atoms with Gasteiger partial charge in [-0.05, 0) is 19.3 Å². The second-order valence-electron chi connectivity index (χ2n) is 11.5. The molecule has 0 saturated carbocycles. The molecule has 1 N–H and O–H groups in total. The lowest BCUT2D eigenvalue weighted by Gasteiger charge is -2.16. The molecule has 0 aliphatic rings. The van der Waals surface area contributed by atoms with E-state index < -0.39 is 16.7 Å². The van der Waals surface area contributed by atoms with Crippen LogP contribution in [0.3, 0.4) is 0 Å². The van der Waals surface area contributed by atoms with Crippen LogP contribution in [0.1, 0.15) is 194 Å². The van der Waals surface area contributed by atoms with Crippen LogP contribution in [0.25, 0.3) is 0 Å². The van der Waals surface area contributed by atoms with Gasteiger partial charge in [-0.2, -0.15) is 8.42 Å². The van der Waals surface area contributed by atoms with Gasteiger partial charge in [-0.3, -0.25) is 4.55 Å². The van der Waals surface area contributed by atoms with Crippen LogP contribution >= 0.6 is 0 Å². The molecule has 0 aliphatic carbocycles. The number of ether oxygens (including phenoxy) is 1. The third kappa shape index (κ3) is 32.0. The fourth-order valence-electron chi connectivity index (χ4n) is 5.14. The van der Waals surface area contributed by atoms with Gasteiger partial charge in [0.25, 0.3) is 0 Å². The average Bonchev–Trinajstić information content (AvgIpc) is 2.88. The molecule has 0 rings (SSSR count). The van der Waals surface area contributed by atoms with Crippen LogP contribution in [0.15, 0.2) is 0 Å². The Morgan fingerprint density at radius 3 is 1.08 bits per heavy atom. The molecule has 0 fully saturated rings. The highest BCUT2D eigenvalue weighted by Gasteiger charge is 2.17. The Balaban J connectivity index is 3.61. The van der Waals surface area contributed by atoms with Crippen LogP contribution in [0.2, 0.25) is 0 Å². The molecule has 0 bridgehead atoms. The second kappa shape index (κ2) is 29.8. The molecule has 0 amide bonds. The largest absolute Gasteiger partial charge is 0.399 e. The summed E-state index contributed by atoms with van der Waals surface area (Å²) in [5.41, 5.74) is 0. The number of unbranched alkanes of at least 4 members (excludes halogenated alkanes) is 25. The monoisotopic (exact) mass is 562 g/mol. The molecule has 1 atom stereocenters. The molecule has 0 aliphatic heterocycles. The van der Waals surface area contributed by atoms with Crippen molar-refractivity contribution in [2.75, 3.05) is 6.61 Å². The molecule has 38 heavy (non-hydrogen) atoms. The fourth-order valence-corrected chi connectivity index (χ4v) is 5.56. The van der Waals surface area contributed by atoms with Crippen LogP contribution in [-0.4, -0.2) is 25.9 Å². The molecule has 6 heteroatoms. The van der Waals surface area contributed by atoms with Gasteiger partial charge in [-0.1, -0.05) is 174 Å². The van der Waals surface area contributed by atoms with Crippen molar-refractivity contribution in [2.45, 2.75) is 200 Å². The van der Waals surface area contributed by atoms with Gasteiger partial charge in [-0.25, -0.2) is 4.18 Å². The Labute approximate surface area is 238 Å². The Bertz CT molecular complexity index is 552. The smallest absolute Gasteiger partial charge is 0.351 e. The molecular weight excluding hydrogens is 496 g/mol. The average molecular weight is 563 g/mol. The van der Waals surface area contributed by atoms with Gasteiger partial charge in [0, 0.05) is 6.61 Å². The maximum atomic E-state index is 11.2. The highest BCUT2D eigenvalue weighted by molar-refractivity contribution is 7.80. The Hall–Kier alpha value is -0.170. The summed E-state index contributed by atoms with van der Waals surface area (Å²) in [5, 5.41) is 0. The van der Waals surface area contributed by atoms with E-state index in [1.807, 2.05) is 0 Å². The Morgan fingerprint density at radius 2 is 0.763 bits per heavy atom. The summed E-state index contributed by atoms with van der Waals surface area (Å²) in [5.74, 6) is 0. The van der Waals surface area contributed by atoms with Crippen LogP contribution in [0.5, 0.6) is 0 Å². The second-order valence-corrected chi connectivity index (χ2v) is 12.5. The molecule has 0 saturated heterocycles. The van der Waals surface area contributed by atoms with E-state index in [0.717, 1.165) is 32.1 Å². The van der Waals surface area contributed by atoms with Crippen molar-refractivity contribution >= 4 is 10.4 Å².